The summed E-state index contributed by atoms with van der Waals surface area (Å²) in [6, 6.07) is 4.52. The molecule has 1 aromatic carbocycles. The standard InChI is InChI=1S/C29H41FN4O4S/c1-7-8-17(2)26(36)33-25(29(4,5)6)28(38)34-15-21(35)13-23(34)27(37)32-22(14-30)19-9-11-20(12-10-19)24-18(3)31-16-39-24/h9-12,16-17,21-23,25,35H,7-8,13-15H2,1-6H3,(H,32,37)(H,33,36). The first-order valence-corrected chi connectivity index (χ1v) is 14.4. The molecule has 0 radical (unpaired) electrons. The van der Waals surface area contributed by atoms with Gasteiger partial charge in [0.1, 0.15) is 18.8 Å². The van der Waals surface area contributed by atoms with Gasteiger partial charge >= 0.3 is 0 Å². The van der Waals surface area contributed by atoms with Crippen molar-refractivity contribution in [1.82, 2.24) is 20.5 Å². The number of alkyl halides is 1. The lowest BCUT2D eigenvalue weighted by atomic mass is 9.85. The predicted molar refractivity (Wildman–Crippen MR) is 151 cm³/mol. The van der Waals surface area contributed by atoms with E-state index < -0.39 is 48.1 Å². The second kappa shape index (κ2) is 13.0. The number of aromatic nitrogens is 1. The molecular formula is C29H41FN4O4S. The van der Waals surface area contributed by atoms with Crippen LogP contribution in [0.15, 0.2) is 29.8 Å². The summed E-state index contributed by atoms with van der Waals surface area (Å²) in [6.07, 6.45) is 0.676. The van der Waals surface area contributed by atoms with Gasteiger partial charge in [0.05, 0.1) is 28.2 Å². The summed E-state index contributed by atoms with van der Waals surface area (Å²) < 4.78 is 14.1. The van der Waals surface area contributed by atoms with E-state index in [1.807, 2.05) is 53.7 Å². The molecule has 3 N–H and O–H groups in total. The van der Waals surface area contributed by atoms with Gasteiger partial charge in [-0.15, -0.1) is 11.3 Å². The van der Waals surface area contributed by atoms with E-state index in [1.54, 1.807) is 17.6 Å². The van der Waals surface area contributed by atoms with Crippen molar-refractivity contribution >= 4 is 29.1 Å². The molecule has 8 nitrogen and oxygen atoms in total. The molecule has 0 spiro atoms. The lowest BCUT2D eigenvalue weighted by Crippen LogP contribution is -2.58. The number of likely N-dealkylation sites (tertiary alicyclic amines) is 1. The maximum absolute atomic E-state index is 14.1. The van der Waals surface area contributed by atoms with Gasteiger partial charge < -0.3 is 20.6 Å². The highest BCUT2D eigenvalue weighted by Gasteiger charge is 2.45. The average molecular weight is 561 g/mol. The molecule has 1 fully saturated rings. The number of benzene rings is 1. The molecule has 39 heavy (non-hydrogen) atoms. The quantitative estimate of drug-likeness (QED) is 0.404. The van der Waals surface area contributed by atoms with Gasteiger partial charge in [-0.3, -0.25) is 14.4 Å². The van der Waals surface area contributed by atoms with Crippen molar-refractivity contribution in [3.8, 4) is 10.4 Å². The zero-order chi connectivity index (χ0) is 28.9. The van der Waals surface area contributed by atoms with Crippen LogP contribution in [-0.4, -0.2) is 64.1 Å². The third kappa shape index (κ3) is 7.42. The fourth-order valence-electron chi connectivity index (χ4n) is 4.89. The Bertz CT molecular complexity index is 1150. The number of nitrogens with one attached hydrogen (secondary N) is 2. The minimum absolute atomic E-state index is 0.0346. The van der Waals surface area contributed by atoms with Crippen molar-refractivity contribution < 1.29 is 23.9 Å². The smallest absolute Gasteiger partial charge is 0.246 e. The monoisotopic (exact) mass is 560 g/mol. The molecule has 3 amide bonds. The third-order valence-electron chi connectivity index (χ3n) is 7.23. The minimum Gasteiger partial charge on any atom is -0.391 e. The van der Waals surface area contributed by atoms with Crippen LogP contribution in [0.2, 0.25) is 0 Å². The van der Waals surface area contributed by atoms with E-state index >= 15 is 0 Å². The number of aliphatic hydroxyl groups excluding tert-OH is 1. The fraction of sp³-hybridized carbons (Fsp3) is 0.586. The number of β-amino-alcohol motifs (C(OH)–C–C–N with tert-alkyl or cyclic N) is 1. The van der Waals surface area contributed by atoms with Crippen LogP contribution in [0, 0.1) is 18.3 Å². The van der Waals surface area contributed by atoms with Crippen LogP contribution in [0.5, 0.6) is 0 Å². The van der Waals surface area contributed by atoms with Crippen molar-refractivity contribution in [2.45, 2.75) is 85.0 Å². The Balaban J connectivity index is 1.76. The molecule has 10 heteroatoms. The first-order valence-electron chi connectivity index (χ1n) is 13.5. The number of thiazole rings is 1. The highest BCUT2D eigenvalue weighted by molar-refractivity contribution is 7.13. The summed E-state index contributed by atoms with van der Waals surface area (Å²) in [4.78, 5) is 46.5. The molecule has 2 heterocycles. The summed E-state index contributed by atoms with van der Waals surface area (Å²) in [7, 11) is 0. The van der Waals surface area contributed by atoms with Crippen LogP contribution in [0.3, 0.4) is 0 Å². The Morgan fingerprint density at radius 2 is 1.87 bits per heavy atom. The molecule has 3 rings (SSSR count). The highest BCUT2D eigenvalue weighted by Crippen LogP contribution is 2.30. The van der Waals surface area contributed by atoms with Crippen LogP contribution in [0.25, 0.3) is 10.4 Å². The summed E-state index contributed by atoms with van der Waals surface area (Å²) in [5, 5.41) is 16.0. The summed E-state index contributed by atoms with van der Waals surface area (Å²) in [5.74, 6) is -1.45. The Labute approximate surface area is 234 Å². The van der Waals surface area contributed by atoms with E-state index in [0.717, 1.165) is 22.6 Å². The fourth-order valence-corrected chi connectivity index (χ4v) is 5.71. The second-order valence-corrected chi connectivity index (χ2v) is 12.4. The van der Waals surface area contributed by atoms with Gasteiger partial charge in [0.2, 0.25) is 17.7 Å². The average Bonchev–Trinajstić information content (AvgIpc) is 3.50. The van der Waals surface area contributed by atoms with Gasteiger partial charge in [0.15, 0.2) is 0 Å². The number of aliphatic hydroxyl groups is 1. The molecular weight excluding hydrogens is 519 g/mol. The molecule has 214 valence electrons. The molecule has 1 aromatic heterocycles. The molecule has 2 aromatic rings. The molecule has 1 aliphatic heterocycles. The number of halogens is 1. The second-order valence-electron chi connectivity index (χ2n) is 11.5. The lowest BCUT2D eigenvalue weighted by molar-refractivity contribution is -0.144. The Hall–Kier alpha value is -2.85. The van der Waals surface area contributed by atoms with E-state index in [0.29, 0.717) is 12.0 Å². The Morgan fingerprint density at radius 1 is 1.21 bits per heavy atom. The Morgan fingerprint density at radius 3 is 2.41 bits per heavy atom. The largest absolute Gasteiger partial charge is 0.391 e. The molecule has 1 saturated heterocycles. The van der Waals surface area contributed by atoms with Crippen LogP contribution in [0.4, 0.5) is 4.39 Å². The number of hydrogen-bond donors (Lipinski definition) is 3. The van der Waals surface area contributed by atoms with Gasteiger partial charge in [-0.25, -0.2) is 9.37 Å². The van der Waals surface area contributed by atoms with Gasteiger partial charge in [-0.1, -0.05) is 65.3 Å². The number of amides is 3. The zero-order valence-corrected chi connectivity index (χ0v) is 24.5. The summed E-state index contributed by atoms with van der Waals surface area (Å²) in [6.45, 7) is 10.4. The molecule has 0 aliphatic carbocycles. The van der Waals surface area contributed by atoms with Gasteiger partial charge in [-0.2, -0.15) is 0 Å². The number of rotatable bonds is 10. The first kappa shape index (κ1) is 30.7. The number of aryl methyl sites for hydroxylation is 1. The molecule has 0 saturated carbocycles. The maximum Gasteiger partial charge on any atom is 0.246 e. The molecule has 1 aliphatic rings. The molecule has 5 unspecified atom stereocenters. The van der Waals surface area contributed by atoms with Crippen LogP contribution in [0.1, 0.15) is 71.2 Å². The van der Waals surface area contributed by atoms with Gasteiger partial charge in [0.25, 0.3) is 0 Å². The SMILES string of the molecule is CCCC(C)C(=O)NC(C(=O)N1CC(O)CC1C(=O)NC(CF)c1ccc(-c2scnc2C)cc1)C(C)(C)C. The number of hydrogen-bond acceptors (Lipinski definition) is 6. The number of carbonyl (C=O) groups is 3. The molecule has 0 bridgehead atoms. The van der Waals surface area contributed by atoms with E-state index in [2.05, 4.69) is 15.6 Å². The zero-order valence-electron chi connectivity index (χ0n) is 23.7. The summed E-state index contributed by atoms with van der Waals surface area (Å²) >= 11 is 1.52. The van der Waals surface area contributed by atoms with E-state index in [-0.39, 0.29) is 24.8 Å². The van der Waals surface area contributed by atoms with E-state index in [4.69, 9.17) is 0 Å². The minimum atomic E-state index is -0.976. The van der Waals surface area contributed by atoms with Gasteiger partial charge in [-0.05, 0) is 29.9 Å². The third-order valence-corrected chi connectivity index (χ3v) is 8.20. The van der Waals surface area contributed by atoms with E-state index in [1.165, 1.54) is 16.2 Å². The normalized spacial score (nSPS) is 19.8. The van der Waals surface area contributed by atoms with Gasteiger partial charge in [0, 0.05) is 18.9 Å². The number of carbonyl (C=O) groups excluding carboxylic acids is 3. The molecule has 5 atom stereocenters. The maximum atomic E-state index is 14.1. The van der Waals surface area contributed by atoms with Crippen LogP contribution < -0.4 is 10.6 Å². The van der Waals surface area contributed by atoms with Crippen molar-refractivity contribution in [2.75, 3.05) is 13.2 Å². The lowest BCUT2D eigenvalue weighted by Gasteiger charge is -2.36. The van der Waals surface area contributed by atoms with Crippen molar-refractivity contribution in [1.29, 1.82) is 0 Å². The topological polar surface area (TPSA) is 112 Å². The summed E-state index contributed by atoms with van der Waals surface area (Å²) in [5.41, 5.74) is 3.61. The van der Waals surface area contributed by atoms with Crippen molar-refractivity contribution in [3.63, 3.8) is 0 Å². The number of nitrogens with zero attached hydrogens (tertiary/aromatic N) is 2. The van der Waals surface area contributed by atoms with Crippen LogP contribution >= 0.6 is 11.3 Å². The van der Waals surface area contributed by atoms with Crippen molar-refractivity contribution in [2.24, 2.45) is 11.3 Å². The van der Waals surface area contributed by atoms with E-state index in [9.17, 15) is 23.9 Å². The highest BCUT2D eigenvalue weighted by atomic mass is 32.1. The van der Waals surface area contributed by atoms with Crippen LogP contribution in [-0.2, 0) is 14.4 Å². The first-order chi connectivity index (χ1) is 18.4. The van der Waals surface area contributed by atoms with Crippen molar-refractivity contribution in [3.05, 3.63) is 41.0 Å². The Kier molecular flexibility index (Phi) is 10.2. The predicted octanol–water partition coefficient (Wildman–Crippen LogP) is 4.17.